The summed E-state index contributed by atoms with van der Waals surface area (Å²) >= 11 is 0. The molecule has 2 N–H and O–H groups in total. The number of rotatable bonds is 6. The Balaban J connectivity index is 1.76. The Hall–Kier alpha value is -0.860. The van der Waals surface area contributed by atoms with Gasteiger partial charge in [-0.2, -0.15) is 0 Å². The van der Waals surface area contributed by atoms with Crippen molar-refractivity contribution in [1.29, 1.82) is 0 Å². The lowest BCUT2D eigenvalue weighted by Crippen LogP contribution is -2.40. The van der Waals surface area contributed by atoms with Gasteiger partial charge in [-0.15, -0.1) is 0 Å². The zero-order valence-corrected chi connectivity index (χ0v) is 11.9. The third kappa shape index (κ3) is 5.33. The lowest BCUT2D eigenvalue weighted by atomic mass is 10.0. The molecule has 0 radical (unpaired) electrons. The lowest BCUT2D eigenvalue weighted by Gasteiger charge is -2.23. The van der Waals surface area contributed by atoms with Gasteiger partial charge >= 0.3 is 0 Å². The molecule has 0 heterocycles. The van der Waals surface area contributed by atoms with Gasteiger partial charge in [-0.05, 0) is 31.2 Å². The van der Waals surface area contributed by atoms with Crippen LogP contribution in [0.3, 0.4) is 0 Å². The third-order valence-corrected chi connectivity index (χ3v) is 4.17. The molecule has 1 aromatic rings. The molecule has 1 atom stereocenters. The van der Waals surface area contributed by atoms with E-state index in [-0.39, 0.29) is 12.6 Å². The van der Waals surface area contributed by atoms with E-state index < -0.39 is 0 Å². The highest BCUT2D eigenvalue weighted by Crippen LogP contribution is 2.18. The predicted molar refractivity (Wildman–Crippen MR) is 80.3 cm³/mol. The van der Waals surface area contributed by atoms with Crippen LogP contribution in [-0.4, -0.2) is 23.8 Å². The molecule has 19 heavy (non-hydrogen) atoms. The highest BCUT2D eigenvalue weighted by atomic mass is 16.3. The molecular formula is C17H27NO. The van der Waals surface area contributed by atoms with Crippen LogP contribution < -0.4 is 5.32 Å². The van der Waals surface area contributed by atoms with E-state index in [0.717, 1.165) is 12.8 Å². The van der Waals surface area contributed by atoms with Crippen molar-refractivity contribution in [2.24, 2.45) is 0 Å². The Kier molecular flexibility index (Phi) is 6.38. The summed E-state index contributed by atoms with van der Waals surface area (Å²) in [5.74, 6) is 0. The Bertz CT molecular complexity index is 330. The van der Waals surface area contributed by atoms with Gasteiger partial charge in [0.05, 0.1) is 6.61 Å². The molecule has 1 saturated carbocycles. The Morgan fingerprint density at radius 3 is 2.37 bits per heavy atom. The van der Waals surface area contributed by atoms with Gasteiger partial charge in [0.1, 0.15) is 0 Å². The number of aliphatic hydroxyl groups excluding tert-OH is 1. The van der Waals surface area contributed by atoms with Crippen molar-refractivity contribution >= 4 is 0 Å². The minimum Gasteiger partial charge on any atom is -0.395 e. The second-order valence-corrected chi connectivity index (χ2v) is 5.76. The van der Waals surface area contributed by atoms with Gasteiger partial charge in [-0.1, -0.05) is 56.0 Å². The largest absolute Gasteiger partial charge is 0.395 e. The summed E-state index contributed by atoms with van der Waals surface area (Å²) in [5, 5.41) is 13.2. The van der Waals surface area contributed by atoms with Gasteiger partial charge in [0.25, 0.3) is 0 Å². The van der Waals surface area contributed by atoms with E-state index in [1.807, 2.05) is 0 Å². The molecule has 2 nitrogen and oxygen atoms in total. The van der Waals surface area contributed by atoms with Gasteiger partial charge in [0, 0.05) is 12.1 Å². The highest BCUT2D eigenvalue weighted by Gasteiger charge is 2.16. The van der Waals surface area contributed by atoms with Crippen molar-refractivity contribution in [3.63, 3.8) is 0 Å². The minimum absolute atomic E-state index is 0.253. The molecule has 1 aliphatic carbocycles. The first-order valence-electron chi connectivity index (χ1n) is 7.79. The molecule has 0 aromatic heterocycles. The molecule has 0 saturated heterocycles. The molecule has 2 heteroatoms. The van der Waals surface area contributed by atoms with E-state index in [9.17, 15) is 5.11 Å². The normalized spacial score (nSPS) is 19.0. The SMILES string of the molecule is OCC(CCc1ccccc1)NC1CCCCCC1. The number of hydrogen-bond acceptors (Lipinski definition) is 2. The maximum atomic E-state index is 9.54. The van der Waals surface area contributed by atoms with E-state index in [1.54, 1.807) is 0 Å². The molecule has 1 aliphatic rings. The summed E-state index contributed by atoms with van der Waals surface area (Å²) in [4.78, 5) is 0. The van der Waals surface area contributed by atoms with Crippen LogP contribution in [-0.2, 0) is 6.42 Å². The van der Waals surface area contributed by atoms with Crippen LogP contribution in [0, 0.1) is 0 Å². The van der Waals surface area contributed by atoms with E-state index in [2.05, 4.69) is 35.6 Å². The van der Waals surface area contributed by atoms with Crippen LogP contribution in [0.15, 0.2) is 30.3 Å². The number of hydrogen-bond donors (Lipinski definition) is 2. The van der Waals surface area contributed by atoms with E-state index in [0.29, 0.717) is 6.04 Å². The number of aryl methyl sites for hydroxylation is 1. The zero-order valence-electron chi connectivity index (χ0n) is 11.9. The van der Waals surface area contributed by atoms with E-state index >= 15 is 0 Å². The molecule has 1 fully saturated rings. The van der Waals surface area contributed by atoms with E-state index in [1.165, 1.54) is 44.1 Å². The minimum atomic E-state index is 0.253. The zero-order chi connectivity index (χ0) is 13.3. The summed E-state index contributed by atoms with van der Waals surface area (Å²) in [6.07, 6.45) is 10.1. The number of aliphatic hydroxyl groups is 1. The summed E-state index contributed by atoms with van der Waals surface area (Å²) in [6.45, 7) is 0.253. The van der Waals surface area contributed by atoms with Gasteiger partial charge in [0.15, 0.2) is 0 Å². The van der Waals surface area contributed by atoms with Crippen LogP contribution in [0.4, 0.5) is 0 Å². The fourth-order valence-corrected chi connectivity index (χ4v) is 2.99. The van der Waals surface area contributed by atoms with Crippen LogP contribution in [0.2, 0.25) is 0 Å². The highest BCUT2D eigenvalue weighted by molar-refractivity contribution is 5.14. The third-order valence-electron chi connectivity index (χ3n) is 4.17. The smallest absolute Gasteiger partial charge is 0.0584 e. The first kappa shape index (κ1) is 14.5. The number of nitrogens with one attached hydrogen (secondary N) is 1. The first-order valence-corrected chi connectivity index (χ1v) is 7.79. The quantitative estimate of drug-likeness (QED) is 0.770. The Labute approximate surface area is 117 Å². The van der Waals surface area contributed by atoms with Crippen molar-refractivity contribution in [3.8, 4) is 0 Å². The fraction of sp³-hybridized carbons (Fsp3) is 0.647. The molecule has 0 spiro atoms. The lowest BCUT2D eigenvalue weighted by molar-refractivity contribution is 0.219. The second kappa shape index (κ2) is 8.34. The molecule has 1 unspecified atom stereocenters. The fourth-order valence-electron chi connectivity index (χ4n) is 2.99. The van der Waals surface area contributed by atoms with Crippen LogP contribution in [0.1, 0.15) is 50.5 Å². The maximum absolute atomic E-state index is 9.54. The van der Waals surface area contributed by atoms with Gasteiger partial charge in [-0.3, -0.25) is 0 Å². The maximum Gasteiger partial charge on any atom is 0.0584 e. The van der Waals surface area contributed by atoms with Gasteiger partial charge < -0.3 is 10.4 Å². The molecule has 0 aliphatic heterocycles. The standard InChI is InChI=1S/C17H27NO/c19-14-17(13-12-15-8-4-3-5-9-15)18-16-10-6-1-2-7-11-16/h3-5,8-9,16-19H,1-2,6-7,10-14H2. The molecule has 1 aromatic carbocycles. The van der Waals surface area contributed by atoms with Crippen LogP contribution >= 0.6 is 0 Å². The van der Waals surface area contributed by atoms with Crippen molar-refractivity contribution in [2.45, 2.75) is 63.5 Å². The molecule has 106 valence electrons. The summed E-state index contributed by atoms with van der Waals surface area (Å²) in [7, 11) is 0. The van der Waals surface area contributed by atoms with Gasteiger partial charge in [0.2, 0.25) is 0 Å². The molecule has 0 amide bonds. The molecular weight excluding hydrogens is 234 g/mol. The van der Waals surface area contributed by atoms with Crippen molar-refractivity contribution in [3.05, 3.63) is 35.9 Å². The predicted octanol–water partition coefficient (Wildman–Crippen LogP) is 3.29. The Morgan fingerprint density at radius 1 is 1.05 bits per heavy atom. The van der Waals surface area contributed by atoms with Gasteiger partial charge in [-0.25, -0.2) is 0 Å². The first-order chi connectivity index (χ1) is 9.38. The summed E-state index contributed by atoms with van der Waals surface area (Å²) in [5.41, 5.74) is 1.36. The van der Waals surface area contributed by atoms with Crippen LogP contribution in [0.25, 0.3) is 0 Å². The topological polar surface area (TPSA) is 32.3 Å². The Morgan fingerprint density at radius 2 is 1.74 bits per heavy atom. The summed E-state index contributed by atoms with van der Waals surface area (Å²) < 4.78 is 0. The van der Waals surface area contributed by atoms with Crippen molar-refractivity contribution < 1.29 is 5.11 Å². The average Bonchev–Trinajstić information content (AvgIpc) is 2.73. The van der Waals surface area contributed by atoms with E-state index in [4.69, 9.17) is 0 Å². The number of benzene rings is 1. The second-order valence-electron chi connectivity index (χ2n) is 5.76. The molecule has 2 rings (SSSR count). The average molecular weight is 261 g/mol. The van der Waals surface area contributed by atoms with Crippen molar-refractivity contribution in [1.82, 2.24) is 5.32 Å². The van der Waals surface area contributed by atoms with Crippen molar-refractivity contribution in [2.75, 3.05) is 6.61 Å². The summed E-state index contributed by atoms with van der Waals surface area (Å²) in [6, 6.07) is 11.4. The monoisotopic (exact) mass is 261 g/mol. The van der Waals surface area contributed by atoms with Crippen LogP contribution in [0.5, 0.6) is 0 Å². The molecule has 0 bridgehead atoms.